The fourth-order valence-electron chi connectivity index (χ4n) is 2.01. The topological polar surface area (TPSA) is 76.4 Å². The second-order valence-corrected chi connectivity index (χ2v) is 4.91. The summed E-state index contributed by atoms with van der Waals surface area (Å²) in [5.74, 6) is 0.653. The molecule has 0 fully saturated rings. The van der Waals surface area contributed by atoms with Crippen molar-refractivity contribution in [3.63, 3.8) is 0 Å². The van der Waals surface area contributed by atoms with E-state index in [1.165, 1.54) is 0 Å². The molecule has 0 saturated carbocycles. The summed E-state index contributed by atoms with van der Waals surface area (Å²) in [6, 6.07) is 12.8. The van der Waals surface area contributed by atoms with Gasteiger partial charge in [0.1, 0.15) is 5.75 Å². The maximum atomic E-state index is 11.9. The molecule has 0 aliphatic rings. The molecule has 0 unspecified atom stereocenters. The Kier molecular flexibility index (Phi) is 5.25. The number of rotatable bonds is 6. The SMILES string of the molecule is CCCNC(=O)c1ccc(Nc2cccc(OC)c2)c(N)c1. The summed E-state index contributed by atoms with van der Waals surface area (Å²) >= 11 is 0. The van der Waals surface area contributed by atoms with Crippen LogP contribution in [0.5, 0.6) is 5.75 Å². The third-order valence-electron chi connectivity index (χ3n) is 3.20. The van der Waals surface area contributed by atoms with Gasteiger partial charge < -0.3 is 21.1 Å². The smallest absolute Gasteiger partial charge is 0.251 e. The Morgan fingerprint density at radius 1 is 1.23 bits per heavy atom. The van der Waals surface area contributed by atoms with Crippen molar-refractivity contribution in [2.75, 3.05) is 24.7 Å². The molecule has 5 nitrogen and oxygen atoms in total. The van der Waals surface area contributed by atoms with Crippen molar-refractivity contribution in [2.24, 2.45) is 0 Å². The molecule has 2 aromatic carbocycles. The van der Waals surface area contributed by atoms with Crippen LogP contribution in [0.15, 0.2) is 42.5 Å². The number of ether oxygens (including phenoxy) is 1. The van der Waals surface area contributed by atoms with E-state index in [0.29, 0.717) is 17.8 Å². The maximum Gasteiger partial charge on any atom is 0.251 e. The number of amides is 1. The molecule has 0 bridgehead atoms. The Bertz CT molecular complexity index is 656. The van der Waals surface area contributed by atoms with Gasteiger partial charge >= 0.3 is 0 Å². The molecule has 0 heterocycles. The third kappa shape index (κ3) is 3.91. The Labute approximate surface area is 130 Å². The second-order valence-electron chi connectivity index (χ2n) is 4.91. The van der Waals surface area contributed by atoms with Gasteiger partial charge in [0.15, 0.2) is 0 Å². The van der Waals surface area contributed by atoms with Crippen molar-refractivity contribution in [1.82, 2.24) is 5.32 Å². The number of carbonyl (C=O) groups is 1. The van der Waals surface area contributed by atoms with Crippen LogP contribution in [0.3, 0.4) is 0 Å². The summed E-state index contributed by atoms with van der Waals surface area (Å²) in [6.45, 7) is 2.67. The van der Waals surface area contributed by atoms with Gasteiger partial charge in [0.2, 0.25) is 0 Å². The number of anilines is 3. The lowest BCUT2D eigenvalue weighted by Gasteiger charge is -2.12. The molecule has 116 valence electrons. The van der Waals surface area contributed by atoms with Crippen molar-refractivity contribution >= 4 is 23.0 Å². The minimum atomic E-state index is -0.110. The summed E-state index contributed by atoms with van der Waals surface area (Å²) in [5, 5.41) is 6.05. The fourth-order valence-corrected chi connectivity index (χ4v) is 2.01. The monoisotopic (exact) mass is 299 g/mol. The summed E-state index contributed by atoms with van der Waals surface area (Å²) in [7, 11) is 1.62. The lowest BCUT2D eigenvalue weighted by Crippen LogP contribution is -2.24. The Morgan fingerprint density at radius 3 is 2.73 bits per heavy atom. The zero-order valence-electron chi connectivity index (χ0n) is 12.8. The first kappa shape index (κ1) is 15.7. The van der Waals surface area contributed by atoms with E-state index in [0.717, 1.165) is 23.5 Å². The molecule has 0 spiro atoms. The first-order chi connectivity index (χ1) is 10.6. The predicted octanol–water partition coefficient (Wildman–Crippen LogP) is 3.16. The molecule has 0 atom stereocenters. The molecule has 2 rings (SSSR count). The average Bonchev–Trinajstić information content (AvgIpc) is 2.54. The molecule has 4 N–H and O–H groups in total. The van der Waals surface area contributed by atoms with Gasteiger partial charge in [-0.3, -0.25) is 4.79 Å². The number of hydrogen-bond acceptors (Lipinski definition) is 4. The number of hydrogen-bond donors (Lipinski definition) is 3. The molecule has 1 amide bonds. The second kappa shape index (κ2) is 7.36. The first-order valence-electron chi connectivity index (χ1n) is 7.23. The van der Waals surface area contributed by atoms with Crippen LogP contribution in [0.4, 0.5) is 17.1 Å². The van der Waals surface area contributed by atoms with Gasteiger partial charge in [0, 0.05) is 23.9 Å². The average molecular weight is 299 g/mol. The van der Waals surface area contributed by atoms with Gasteiger partial charge in [-0.15, -0.1) is 0 Å². The molecule has 2 aromatic rings. The van der Waals surface area contributed by atoms with E-state index in [1.54, 1.807) is 25.3 Å². The highest BCUT2D eigenvalue weighted by Crippen LogP contribution is 2.26. The summed E-state index contributed by atoms with van der Waals surface area (Å²) in [5.41, 5.74) is 8.73. The van der Waals surface area contributed by atoms with Gasteiger partial charge in [-0.25, -0.2) is 0 Å². The molecule has 0 saturated heterocycles. The molecule has 0 aliphatic heterocycles. The molecule has 22 heavy (non-hydrogen) atoms. The number of nitrogens with one attached hydrogen (secondary N) is 2. The summed E-state index contributed by atoms with van der Waals surface area (Å²) in [4.78, 5) is 11.9. The van der Waals surface area contributed by atoms with Crippen LogP contribution in [-0.2, 0) is 0 Å². The summed E-state index contributed by atoms with van der Waals surface area (Å²) in [6.07, 6.45) is 0.900. The number of nitrogens with two attached hydrogens (primary N) is 1. The Hall–Kier alpha value is -2.69. The Morgan fingerprint density at radius 2 is 2.05 bits per heavy atom. The van der Waals surface area contributed by atoms with E-state index in [9.17, 15) is 4.79 Å². The highest BCUT2D eigenvalue weighted by Gasteiger charge is 2.08. The van der Waals surface area contributed by atoms with Gasteiger partial charge in [0.05, 0.1) is 18.5 Å². The molecule has 0 aromatic heterocycles. The molecule has 5 heteroatoms. The highest BCUT2D eigenvalue weighted by molar-refractivity contribution is 5.96. The van der Waals surface area contributed by atoms with Crippen LogP contribution >= 0.6 is 0 Å². The lowest BCUT2D eigenvalue weighted by molar-refractivity contribution is 0.0953. The predicted molar refractivity (Wildman–Crippen MR) is 89.8 cm³/mol. The zero-order chi connectivity index (χ0) is 15.9. The largest absolute Gasteiger partial charge is 0.497 e. The number of carbonyl (C=O) groups excluding carboxylic acids is 1. The van der Waals surface area contributed by atoms with Crippen LogP contribution in [0, 0.1) is 0 Å². The number of nitrogen functional groups attached to an aromatic ring is 1. The van der Waals surface area contributed by atoms with E-state index in [2.05, 4.69) is 10.6 Å². The minimum absolute atomic E-state index is 0.110. The van der Waals surface area contributed by atoms with Crippen LogP contribution in [0.2, 0.25) is 0 Å². The van der Waals surface area contributed by atoms with E-state index in [-0.39, 0.29) is 5.91 Å². The summed E-state index contributed by atoms with van der Waals surface area (Å²) < 4.78 is 5.19. The van der Waals surface area contributed by atoms with Gasteiger partial charge in [0.25, 0.3) is 5.91 Å². The molecule has 0 radical (unpaired) electrons. The molecular formula is C17H21N3O2. The van der Waals surface area contributed by atoms with Crippen LogP contribution < -0.4 is 21.1 Å². The number of methoxy groups -OCH3 is 1. The lowest BCUT2D eigenvalue weighted by atomic mass is 10.1. The molecule has 0 aliphatic carbocycles. The fraction of sp³-hybridized carbons (Fsp3) is 0.235. The van der Waals surface area contributed by atoms with Crippen molar-refractivity contribution < 1.29 is 9.53 Å². The van der Waals surface area contributed by atoms with Crippen molar-refractivity contribution in [2.45, 2.75) is 13.3 Å². The van der Waals surface area contributed by atoms with E-state index >= 15 is 0 Å². The van der Waals surface area contributed by atoms with E-state index in [1.807, 2.05) is 31.2 Å². The zero-order valence-corrected chi connectivity index (χ0v) is 12.8. The van der Waals surface area contributed by atoms with Crippen molar-refractivity contribution in [3.8, 4) is 5.75 Å². The number of benzene rings is 2. The first-order valence-corrected chi connectivity index (χ1v) is 7.23. The van der Waals surface area contributed by atoms with Crippen LogP contribution in [0.25, 0.3) is 0 Å². The maximum absolute atomic E-state index is 11.9. The van der Waals surface area contributed by atoms with Crippen LogP contribution in [-0.4, -0.2) is 19.6 Å². The third-order valence-corrected chi connectivity index (χ3v) is 3.20. The van der Waals surface area contributed by atoms with E-state index < -0.39 is 0 Å². The van der Waals surface area contributed by atoms with Crippen molar-refractivity contribution in [3.05, 3.63) is 48.0 Å². The molecular weight excluding hydrogens is 278 g/mol. The standard InChI is InChI=1S/C17H21N3O2/c1-3-9-19-17(21)12-7-8-16(15(18)10-12)20-13-5-4-6-14(11-13)22-2/h4-8,10-11,20H,3,9,18H2,1-2H3,(H,19,21). The normalized spacial score (nSPS) is 10.1. The van der Waals surface area contributed by atoms with Crippen LogP contribution in [0.1, 0.15) is 23.7 Å². The van der Waals surface area contributed by atoms with Gasteiger partial charge in [-0.2, -0.15) is 0 Å². The minimum Gasteiger partial charge on any atom is -0.497 e. The van der Waals surface area contributed by atoms with Gasteiger partial charge in [-0.05, 0) is 36.8 Å². The van der Waals surface area contributed by atoms with E-state index in [4.69, 9.17) is 10.5 Å². The van der Waals surface area contributed by atoms with Crippen molar-refractivity contribution in [1.29, 1.82) is 0 Å². The quantitative estimate of drug-likeness (QED) is 0.716. The Balaban J connectivity index is 2.14. The highest BCUT2D eigenvalue weighted by atomic mass is 16.5. The van der Waals surface area contributed by atoms with Gasteiger partial charge in [-0.1, -0.05) is 13.0 Å².